The van der Waals surface area contributed by atoms with E-state index in [2.05, 4.69) is 41.6 Å². The van der Waals surface area contributed by atoms with E-state index in [0.717, 1.165) is 14.7 Å². The third-order valence-corrected chi connectivity index (χ3v) is 4.08. The zero-order valence-electron chi connectivity index (χ0n) is 13.7. The first-order chi connectivity index (χ1) is 11.5. The summed E-state index contributed by atoms with van der Waals surface area (Å²) in [5, 5.41) is 0. The second-order valence-electron chi connectivity index (χ2n) is 5.27. The number of hydrogen-bond acceptors (Lipinski definition) is 3. The Morgan fingerprint density at radius 1 is 1.21 bits per heavy atom. The number of amides is 1. The van der Waals surface area contributed by atoms with Crippen LogP contribution in [0.15, 0.2) is 42.5 Å². The summed E-state index contributed by atoms with van der Waals surface area (Å²) < 4.78 is 12.6. The van der Waals surface area contributed by atoms with Gasteiger partial charge in [-0.1, -0.05) is 29.8 Å². The Morgan fingerprint density at radius 3 is 2.54 bits per heavy atom. The van der Waals surface area contributed by atoms with E-state index in [4.69, 9.17) is 15.2 Å². The van der Waals surface area contributed by atoms with Gasteiger partial charge in [0.1, 0.15) is 6.61 Å². The highest BCUT2D eigenvalue weighted by Crippen LogP contribution is 2.35. The lowest BCUT2D eigenvalue weighted by Crippen LogP contribution is -2.05. The van der Waals surface area contributed by atoms with Crippen LogP contribution in [0.4, 0.5) is 0 Å². The Bertz CT molecular complexity index is 739. The fourth-order valence-electron chi connectivity index (χ4n) is 2.11. The van der Waals surface area contributed by atoms with E-state index in [-0.39, 0.29) is 0 Å². The summed E-state index contributed by atoms with van der Waals surface area (Å²) in [7, 11) is 0. The largest absolute Gasteiger partial charge is 0.490 e. The molecule has 0 radical (unpaired) electrons. The molecule has 0 aliphatic rings. The molecule has 0 atom stereocenters. The van der Waals surface area contributed by atoms with Crippen molar-refractivity contribution in [3.05, 3.63) is 62.7 Å². The lowest BCUT2D eigenvalue weighted by atomic mass is 10.1. The van der Waals surface area contributed by atoms with Crippen LogP contribution in [0, 0.1) is 10.5 Å². The maximum Gasteiger partial charge on any atom is 0.241 e. The molecular formula is C19H20INO3. The van der Waals surface area contributed by atoms with Gasteiger partial charge in [-0.25, -0.2) is 0 Å². The number of carbonyl (C=O) groups excluding carboxylic acids is 1. The summed E-state index contributed by atoms with van der Waals surface area (Å²) in [6, 6.07) is 12.0. The first-order valence-corrected chi connectivity index (χ1v) is 8.69. The molecular weight excluding hydrogens is 417 g/mol. The quantitative estimate of drug-likeness (QED) is 0.525. The van der Waals surface area contributed by atoms with Crippen LogP contribution in [0.25, 0.3) is 6.08 Å². The zero-order valence-corrected chi connectivity index (χ0v) is 15.9. The number of rotatable bonds is 7. The van der Waals surface area contributed by atoms with E-state index >= 15 is 0 Å². The smallest absolute Gasteiger partial charge is 0.241 e. The van der Waals surface area contributed by atoms with Crippen molar-refractivity contribution in [1.82, 2.24) is 0 Å². The van der Waals surface area contributed by atoms with Gasteiger partial charge in [0.2, 0.25) is 5.91 Å². The predicted octanol–water partition coefficient (Wildman–Crippen LogP) is 4.08. The molecule has 0 saturated carbocycles. The molecule has 0 bridgehead atoms. The SMILES string of the molecule is CCOc1cc(/C=C/C(N)=O)cc(I)c1OCc1ccc(C)cc1. The second kappa shape index (κ2) is 8.73. The molecule has 4 nitrogen and oxygen atoms in total. The Kier molecular flexibility index (Phi) is 6.66. The molecule has 0 aliphatic carbocycles. The van der Waals surface area contributed by atoms with Crippen molar-refractivity contribution in [3.63, 3.8) is 0 Å². The van der Waals surface area contributed by atoms with Gasteiger partial charge in [-0.15, -0.1) is 0 Å². The highest BCUT2D eigenvalue weighted by Gasteiger charge is 2.12. The molecule has 1 amide bonds. The van der Waals surface area contributed by atoms with Gasteiger partial charge >= 0.3 is 0 Å². The number of benzene rings is 2. The summed E-state index contributed by atoms with van der Waals surface area (Å²) in [5.41, 5.74) is 8.29. The molecule has 2 rings (SSSR count). The minimum absolute atomic E-state index is 0.465. The highest BCUT2D eigenvalue weighted by atomic mass is 127. The number of nitrogens with two attached hydrogens (primary N) is 1. The summed E-state index contributed by atoms with van der Waals surface area (Å²) in [4.78, 5) is 10.9. The number of carbonyl (C=O) groups is 1. The van der Waals surface area contributed by atoms with Gasteiger partial charge in [0, 0.05) is 6.08 Å². The molecule has 0 unspecified atom stereocenters. The van der Waals surface area contributed by atoms with Crippen molar-refractivity contribution in [2.45, 2.75) is 20.5 Å². The standard InChI is InChI=1S/C19H20INO3/c1-3-23-17-11-15(8-9-18(21)22)10-16(20)19(17)24-12-14-6-4-13(2)5-7-14/h4-11H,3,12H2,1-2H3,(H2,21,22)/b9-8+. The fraction of sp³-hybridized carbons (Fsp3) is 0.211. The summed E-state index contributed by atoms with van der Waals surface area (Å²) in [6.45, 7) is 4.97. The van der Waals surface area contributed by atoms with Crippen LogP contribution in [-0.2, 0) is 11.4 Å². The number of ether oxygens (including phenoxy) is 2. The lowest BCUT2D eigenvalue weighted by Gasteiger charge is -2.15. The fourth-order valence-corrected chi connectivity index (χ4v) is 2.89. The van der Waals surface area contributed by atoms with Crippen LogP contribution in [0.2, 0.25) is 0 Å². The number of primary amides is 1. The van der Waals surface area contributed by atoms with Crippen molar-refractivity contribution in [3.8, 4) is 11.5 Å². The van der Waals surface area contributed by atoms with E-state index in [1.165, 1.54) is 11.6 Å². The number of halogens is 1. The van der Waals surface area contributed by atoms with Crippen LogP contribution < -0.4 is 15.2 Å². The average Bonchev–Trinajstić information content (AvgIpc) is 2.54. The van der Waals surface area contributed by atoms with Crippen molar-refractivity contribution in [2.75, 3.05) is 6.61 Å². The zero-order chi connectivity index (χ0) is 17.5. The summed E-state index contributed by atoms with van der Waals surface area (Å²) in [6.07, 6.45) is 2.99. The molecule has 0 heterocycles. The van der Waals surface area contributed by atoms with Crippen LogP contribution in [0.5, 0.6) is 11.5 Å². The van der Waals surface area contributed by atoms with E-state index in [1.54, 1.807) is 6.08 Å². The molecule has 0 aliphatic heterocycles. The third kappa shape index (κ3) is 5.26. The molecule has 126 valence electrons. The molecule has 2 N–H and O–H groups in total. The van der Waals surface area contributed by atoms with Gasteiger partial charge in [-0.3, -0.25) is 4.79 Å². The third-order valence-electron chi connectivity index (χ3n) is 3.28. The molecule has 0 aromatic heterocycles. The first-order valence-electron chi connectivity index (χ1n) is 7.61. The lowest BCUT2D eigenvalue weighted by molar-refractivity contribution is -0.113. The normalized spacial score (nSPS) is 10.8. The minimum Gasteiger partial charge on any atom is -0.490 e. The molecule has 0 fully saturated rings. The minimum atomic E-state index is -0.484. The van der Waals surface area contributed by atoms with Gasteiger partial charge in [0.05, 0.1) is 10.2 Å². The van der Waals surface area contributed by atoms with Crippen molar-refractivity contribution in [1.29, 1.82) is 0 Å². The van der Waals surface area contributed by atoms with Crippen molar-refractivity contribution >= 4 is 34.6 Å². The van der Waals surface area contributed by atoms with Gasteiger partial charge < -0.3 is 15.2 Å². The maximum absolute atomic E-state index is 10.9. The van der Waals surface area contributed by atoms with Gasteiger partial charge in [0.25, 0.3) is 0 Å². The van der Waals surface area contributed by atoms with Crippen LogP contribution in [-0.4, -0.2) is 12.5 Å². The Hall–Kier alpha value is -2.02. The molecule has 0 spiro atoms. The van der Waals surface area contributed by atoms with Crippen LogP contribution in [0.3, 0.4) is 0 Å². The average molecular weight is 437 g/mol. The van der Waals surface area contributed by atoms with Gasteiger partial charge in [0.15, 0.2) is 11.5 Å². The summed E-state index contributed by atoms with van der Waals surface area (Å²) in [5.74, 6) is 0.873. The predicted molar refractivity (Wildman–Crippen MR) is 104 cm³/mol. The first kappa shape index (κ1) is 18.3. The maximum atomic E-state index is 10.9. The van der Waals surface area contributed by atoms with E-state index in [0.29, 0.717) is 24.7 Å². The second-order valence-corrected chi connectivity index (χ2v) is 6.44. The number of hydrogen-bond donors (Lipinski definition) is 1. The van der Waals surface area contributed by atoms with Gasteiger partial charge in [-0.2, -0.15) is 0 Å². The Labute approximate surface area is 155 Å². The number of aryl methyl sites for hydroxylation is 1. The summed E-state index contributed by atoms with van der Waals surface area (Å²) >= 11 is 2.20. The van der Waals surface area contributed by atoms with Crippen molar-refractivity contribution in [2.24, 2.45) is 5.73 Å². The van der Waals surface area contributed by atoms with Crippen LogP contribution in [0.1, 0.15) is 23.6 Å². The van der Waals surface area contributed by atoms with E-state index in [9.17, 15) is 4.79 Å². The monoisotopic (exact) mass is 437 g/mol. The van der Waals surface area contributed by atoms with Crippen molar-refractivity contribution < 1.29 is 14.3 Å². The highest BCUT2D eigenvalue weighted by molar-refractivity contribution is 14.1. The molecule has 0 saturated heterocycles. The Balaban J connectivity index is 2.23. The molecule has 24 heavy (non-hydrogen) atoms. The van der Waals surface area contributed by atoms with Crippen LogP contribution >= 0.6 is 22.6 Å². The Morgan fingerprint density at radius 2 is 1.92 bits per heavy atom. The van der Waals surface area contributed by atoms with E-state index < -0.39 is 5.91 Å². The topological polar surface area (TPSA) is 61.5 Å². The van der Waals surface area contributed by atoms with Gasteiger partial charge in [-0.05, 0) is 65.8 Å². The van der Waals surface area contributed by atoms with E-state index in [1.807, 2.05) is 31.2 Å². The molecule has 2 aromatic rings. The molecule has 5 heteroatoms. The molecule has 2 aromatic carbocycles.